The maximum atomic E-state index is 10.3. The smallest absolute Gasteiger partial charge is 0.405 e. The van der Waals surface area contributed by atoms with Gasteiger partial charge in [0.05, 0.1) is 25.9 Å². The number of carbonyl (C=O) groups is 1. The lowest BCUT2D eigenvalue weighted by Gasteiger charge is -2.14. The van der Waals surface area contributed by atoms with E-state index in [1.807, 2.05) is 30.3 Å². The van der Waals surface area contributed by atoms with E-state index in [2.05, 4.69) is 5.32 Å². The minimum Gasteiger partial charge on any atom is -0.465 e. The van der Waals surface area contributed by atoms with Crippen molar-refractivity contribution in [1.82, 2.24) is 5.32 Å². The maximum absolute atomic E-state index is 10.3. The average molecular weight is 225 g/mol. The highest BCUT2D eigenvalue weighted by molar-refractivity contribution is 5.64. The summed E-state index contributed by atoms with van der Waals surface area (Å²) >= 11 is 0. The van der Waals surface area contributed by atoms with Crippen molar-refractivity contribution >= 4 is 6.09 Å². The fraction of sp³-hybridized carbons (Fsp3) is 0.364. The van der Waals surface area contributed by atoms with E-state index in [-0.39, 0.29) is 13.2 Å². The van der Waals surface area contributed by atoms with Crippen LogP contribution >= 0.6 is 0 Å². The van der Waals surface area contributed by atoms with Gasteiger partial charge in [0.25, 0.3) is 0 Å². The largest absolute Gasteiger partial charge is 0.465 e. The molecule has 0 spiro atoms. The van der Waals surface area contributed by atoms with Crippen LogP contribution in [0.15, 0.2) is 30.3 Å². The molecule has 88 valence electrons. The molecule has 0 aromatic heterocycles. The van der Waals surface area contributed by atoms with Crippen molar-refractivity contribution in [2.45, 2.75) is 12.6 Å². The van der Waals surface area contributed by atoms with E-state index in [9.17, 15) is 4.79 Å². The lowest BCUT2D eigenvalue weighted by molar-refractivity contribution is 0.0769. The van der Waals surface area contributed by atoms with Crippen LogP contribution in [-0.4, -0.2) is 35.6 Å². The second-order valence-corrected chi connectivity index (χ2v) is 3.33. The molecule has 0 aliphatic carbocycles. The van der Waals surface area contributed by atoms with Crippen LogP contribution in [0.2, 0.25) is 0 Å². The summed E-state index contributed by atoms with van der Waals surface area (Å²) in [7, 11) is 0. The van der Waals surface area contributed by atoms with Gasteiger partial charge in [-0.15, -0.1) is 0 Å². The Morgan fingerprint density at radius 1 is 1.38 bits per heavy atom. The second kappa shape index (κ2) is 6.81. The molecule has 0 unspecified atom stereocenters. The molecule has 0 aliphatic rings. The van der Waals surface area contributed by atoms with Gasteiger partial charge in [0.1, 0.15) is 0 Å². The number of aliphatic hydroxyl groups excluding tert-OH is 1. The number of amides is 1. The van der Waals surface area contributed by atoms with Crippen LogP contribution in [0.25, 0.3) is 0 Å². The van der Waals surface area contributed by atoms with Gasteiger partial charge in [-0.25, -0.2) is 4.79 Å². The molecule has 0 aliphatic heterocycles. The minimum atomic E-state index is -1.16. The van der Waals surface area contributed by atoms with Crippen molar-refractivity contribution in [3.63, 3.8) is 0 Å². The number of hydrogen-bond donors (Lipinski definition) is 3. The standard InChI is InChI=1S/C11H15NO4/c13-6-10(12-11(14)15)8-16-7-9-4-2-1-3-5-9/h1-5,10,12-13H,6-8H2,(H,14,15)/t10-/m0/s1. The van der Waals surface area contributed by atoms with Crippen molar-refractivity contribution in [2.24, 2.45) is 0 Å². The Bertz CT molecular complexity index is 315. The van der Waals surface area contributed by atoms with E-state index < -0.39 is 12.1 Å². The number of benzene rings is 1. The average Bonchev–Trinajstić information content (AvgIpc) is 2.28. The number of rotatable bonds is 6. The van der Waals surface area contributed by atoms with Crippen LogP contribution in [0.1, 0.15) is 5.56 Å². The number of nitrogens with one attached hydrogen (secondary N) is 1. The Balaban J connectivity index is 2.26. The summed E-state index contributed by atoms with van der Waals surface area (Å²) in [5, 5.41) is 19.5. The summed E-state index contributed by atoms with van der Waals surface area (Å²) in [4.78, 5) is 10.3. The lowest BCUT2D eigenvalue weighted by atomic mass is 10.2. The first-order valence-electron chi connectivity index (χ1n) is 4.94. The third-order valence-corrected chi connectivity index (χ3v) is 1.98. The molecule has 0 heterocycles. The fourth-order valence-corrected chi connectivity index (χ4v) is 1.21. The molecule has 0 bridgehead atoms. The molecule has 1 amide bonds. The Kier molecular flexibility index (Phi) is 5.31. The molecule has 0 fully saturated rings. The highest BCUT2D eigenvalue weighted by Crippen LogP contribution is 2.00. The number of carboxylic acid groups (broad SMARTS) is 1. The van der Waals surface area contributed by atoms with E-state index in [0.29, 0.717) is 6.61 Å². The lowest BCUT2D eigenvalue weighted by Crippen LogP contribution is -2.39. The van der Waals surface area contributed by atoms with Gasteiger partial charge in [-0.05, 0) is 5.56 Å². The Hall–Kier alpha value is -1.59. The number of aliphatic hydroxyl groups is 1. The Morgan fingerprint density at radius 3 is 2.62 bits per heavy atom. The van der Waals surface area contributed by atoms with E-state index in [0.717, 1.165) is 5.56 Å². The molecule has 16 heavy (non-hydrogen) atoms. The highest BCUT2D eigenvalue weighted by Gasteiger charge is 2.09. The van der Waals surface area contributed by atoms with Crippen molar-refractivity contribution in [1.29, 1.82) is 0 Å². The highest BCUT2D eigenvalue weighted by atomic mass is 16.5. The van der Waals surface area contributed by atoms with Gasteiger partial charge in [-0.1, -0.05) is 30.3 Å². The van der Waals surface area contributed by atoms with Gasteiger partial charge < -0.3 is 20.3 Å². The molecular formula is C11H15NO4. The first-order chi connectivity index (χ1) is 7.72. The topological polar surface area (TPSA) is 78.8 Å². The van der Waals surface area contributed by atoms with Gasteiger partial charge in [-0.3, -0.25) is 0 Å². The fourth-order valence-electron chi connectivity index (χ4n) is 1.21. The number of hydrogen-bond acceptors (Lipinski definition) is 3. The van der Waals surface area contributed by atoms with Crippen LogP contribution < -0.4 is 5.32 Å². The molecule has 5 nitrogen and oxygen atoms in total. The summed E-state index contributed by atoms with van der Waals surface area (Å²) < 4.78 is 5.29. The molecule has 1 aromatic carbocycles. The Labute approximate surface area is 93.7 Å². The van der Waals surface area contributed by atoms with Gasteiger partial charge in [0.2, 0.25) is 0 Å². The minimum absolute atomic E-state index is 0.150. The monoisotopic (exact) mass is 225 g/mol. The SMILES string of the molecule is O=C(O)N[C@@H](CO)COCc1ccccc1. The van der Waals surface area contributed by atoms with E-state index in [4.69, 9.17) is 14.9 Å². The molecule has 0 saturated heterocycles. The van der Waals surface area contributed by atoms with Gasteiger partial charge in [0, 0.05) is 0 Å². The van der Waals surface area contributed by atoms with E-state index >= 15 is 0 Å². The van der Waals surface area contributed by atoms with Gasteiger partial charge in [-0.2, -0.15) is 0 Å². The van der Waals surface area contributed by atoms with E-state index in [1.165, 1.54) is 0 Å². The maximum Gasteiger partial charge on any atom is 0.405 e. The molecule has 3 N–H and O–H groups in total. The molecule has 1 atom stereocenters. The summed E-state index contributed by atoms with van der Waals surface area (Å²) in [6, 6.07) is 8.96. The van der Waals surface area contributed by atoms with Crippen LogP contribution in [0.4, 0.5) is 4.79 Å². The zero-order chi connectivity index (χ0) is 11.8. The van der Waals surface area contributed by atoms with Crippen LogP contribution in [-0.2, 0) is 11.3 Å². The normalized spacial score (nSPS) is 12.1. The van der Waals surface area contributed by atoms with Crippen molar-refractivity contribution in [3.8, 4) is 0 Å². The van der Waals surface area contributed by atoms with Crippen LogP contribution in [0, 0.1) is 0 Å². The zero-order valence-electron chi connectivity index (χ0n) is 8.80. The van der Waals surface area contributed by atoms with Gasteiger partial charge in [0.15, 0.2) is 0 Å². The van der Waals surface area contributed by atoms with Crippen molar-refractivity contribution in [2.75, 3.05) is 13.2 Å². The molecular weight excluding hydrogens is 210 g/mol. The summed E-state index contributed by atoms with van der Waals surface area (Å²) in [5.74, 6) is 0. The Morgan fingerprint density at radius 2 is 2.06 bits per heavy atom. The summed E-state index contributed by atoms with van der Waals surface area (Å²) in [5.41, 5.74) is 1.01. The molecule has 5 heteroatoms. The van der Waals surface area contributed by atoms with Gasteiger partial charge >= 0.3 is 6.09 Å². The molecule has 1 rings (SSSR count). The summed E-state index contributed by atoms with van der Waals surface area (Å²) in [6.07, 6.45) is -1.16. The molecule has 1 aromatic rings. The predicted molar refractivity (Wildman–Crippen MR) is 58.1 cm³/mol. The quantitative estimate of drug-likeness (QED) is 0.670. The summed E-state index contributed by atoms with van der Waals surface area (Å²) in [6.45, 7) is 0.275. The second-order valence-electron chi connectivity index (χ2n) is 3.33. The van der Waals surface area contributed by atoms with Crippen molar-refractivity contribution in [3.05, 3.63) is 35.9 Å². The first-order valence-corrected chi connectivity index (χ1v) is 4.94. The van der Waals surface area contributed by atoms with E-state index in [1.54, 1.807) is 0 Å². The third kappa shape index (κ3) is 4.77. The van der Waals surface area contributed by atoms with Crippen LogP contribution in [0.3, 0.4) is 0 Å². The number of ether oxygens (including phenoxy) is 1. The molecule has 0 radical (unpaired) electrons. The predicted octanol–water partition coefficient (Wildman–Crippen LogP) is 0.832. The zero-order valence-corrected chi connectivity index (χ0v) is 8.80. The van der Waals surface area contributed by atoms with Crippen molar-refractivity contribution < 1.29 is 19.7 Å². The first kappa shape index (κ1) is 12.5. The third-order valence-electron chi connectivity index (χ3n) is 1.98. The molecule has 0 saturated carbocycles. The van der Waals surface area contributed by atoms with Crippen LogP contribution in [0.5, 0.6) is 0 Å².